The number of aliphatic carboxylic acids is 1. The zero-order chi connectivity index (χ0) is 15.3. The summed E-state index contributed by atoms with van der Waals surface area (Å²) >= 11 is 0. The second-order valence-electron chi connectivity index (χ2n) is 6.30. The van der Waals surface area contributed by atoms with Gasteiger partial charge in [0.25, 0.3) is 0 Å². The Morgan fingerprint density at radius 2 is 1.75 bits per heavy atom. The van der Waals surface area contributed by atoms with Crippen LogP contribution in [0.4, 0.5) is 0 Å². The van der Waals surface area contributed by atoms with Gasteiger partial charge in [-0.3, -0.25) is 9.59 Å². The van der Waals surface area contributed by atoms with Crippen molar-refractivity contribution in [2.75, 3.05) is 7.05 Å². The first kappa shape index (κ1) is 17.0. The van der Waals surface area contributed by atoms with Crippen molar-refractivity contribution in [2.24, 2.45) is 11.3 Å². The summed E-state index contributed by atoms with van der Waals surface area (Å²) in [6.45, 7) is 5.90. The molecule has 0 aromatic carbocycles. The molecule has 0 bridgehead atoms. The highest BCUT2D eigenvalue weighted by Gasteiger charge is 2.39. The fourth-order valence-corrected chi connectivity index (χ4v) is 3.35. The predicted octanol–water partition coefficient (Wildman–Crippen LogP) is 3.30. The average Bonchev–Trinajstić information content (AvgIpc) is 2.44. The Hall–Kier alpha value is -1.06. The highest BCUT2D eigenvalue weighted by molar-refractivity contribution is 5.85. The third kappa shape index (κ3) is 3.53. The molecule has 4 nitrogen and oxygen atoms in total. The van der Waals surface area contributed by atoms with Crippen molar-refractivity contribution in [1.82, 2.24) is 4.90 Å². The number of carboxylic acid groups (broad SMARTS) is 1. The highest BCUT2D eigenvalue weighted by atomic mass is 16.4. The summed E-state index contributed by atoms with van der Waals surface area (Å²) in [5, 5.41) is 9.45. The van der Waals surface area contributed by atoms with E-state index < -0.39 is 11.4 Å². The van der Waals surface area contributed by atoms with Crippen LogP contribution >= 0.6 is 0 Å². The molecule has 0 radical (unpaired) electrons. The lowest BCUT2D eigenvalue weighted by Gasteiger charge is -2.38. The Morgan fingerprint density at radius 3 is 2.20 bits per heavy atom. The fraction of sp³-hybridized carbons (Fsp3) is 0.875. The molecule has 1 fully saturated rings. The summed E-state index contributed by atoms with van der Waals surface area (Å²) in [7, 11) is 1.84. The van der Waals surface area contributed by atoms with Gasteiger partial charge in [0.05, 0.1) is 5.41 Å². The van der Waals surface area contributed by atoms with Gasteiger partial charge in [0.15, 0.2) is 0 Å². The van der Waals surface area contributed by atoms with E-state index in [1.807, 2.05) is 25.8 Å². The minimum Gasteiger partial charge on any atom is -0.481 e. The van der Waals surface area contributed by atoms with Gasteiger partial charge in [-0.1, -0.05) is 33.6 Å². The van der Waals surface area contributed by atoms with E-state index in [-0.39, 0.29) is 18.4 Å². The molecule has 20 heavy (non-hydrogen) atoms. The maximum atomic E-state index is 12.5. The zero-order valence-corrected chi connectivity index (χ0v) is 13.3. The molecule has 1 N–H and O–H groups in total. The Bertz CT molecular complexity index is 350. The van der Waals surface area contributed by atoms with Gasteiger partial charge in [-0.05, 0) is 31.6 Å². The molecule has 0 spiro atoms. The van der Waals surface area contributed by atoms with E-state index in [0.29, 0.717) is 18.8 Å². The molecule has 116 valence electrons. The predicted molar refractivity (Wildman–Crippen MR) is 79.5 cm³/mol. The number of carboxylic acids is 1. The van der Waals surface area contributed by atoms with Crippen molar-refractivity contribution < 1.29 is 14.7 Å². The van der Waals surface area contributed by atoms with Crippen LogP contribution in [0.25, 0.3) is 0 Å². The largest absolute Gasteiger partial charge is 0.481 e. The molecule has 2 unspecified atom stereocenters. The van der Waals surface area contributed by atoms with E-state index in [4.69, 9.17) is 0 Å². The monoisotopic (exact) mass is 283 g/mol. The first-order valence-corrected chi connectivity index (χ1v) is 7.87. The molecular weight excluding hydrogens is 254 g/mol. The van der Waals surface area contributed by atoms with Crippen LogP contribution in [0.1, 0.15) is 65.7 Å². The molecule has 1 amide bonds. The first-order chi connectivity index (χ1) is 9.38. The van der Waals surface area contributed by atoms with Gasteiger partial charge in [0, 0.05) is 19.5 Å². The van der Waals surface area contributed by atoms with E-state index in [0.717, 1.165) is 19.3 Å². The fourth-order valence-electron chi connectivity index (χ4n) is 3.35. The molecule has 0 aromatic rings. The van der Waals surface area contributed by atoms with Crippen molar-refractivity contribution >= 4 is 11.9 Å². The third-order valence-corrected chi connectivity index (χ3v) is 5.25. The average molecular weight is 283 g/mol. The van der Waals surface area contributed by atoms with Crippen LogP contribution in [0.3, 0.4) is 0 Å². The molecule has 4 heteroatoms. The van der Waals surface area contributed by atoms with Crippen LogP contribution < -0.4 is 0 Å². The Kier molecular flexibility index (Phi) is 6.03. The van der Waals surface area contributed by atoms with Gasteiger partial charge in [0.1, 0.15) is 0 Å². The lowest BCUT2D eigenvalue weighted by atomic mass is 9.78. The van der Waals surface area contributed by atoms with E-state index >= 15 is 0 Å². The lowest BCUT2D eigenvalue weighted by molar-refractivity contribution is -0.155. The number of hydrogen-bond acceptors (Lipinski definition) is 2. The maximum absolute atomic E-state index is 12.5. The van der Waals surface area contributed by atoms with Crippen molar-refractivity contribution in [3.05, 3.63) is 0 Å². The summed E-state index contributed by atoms with van der Waals surface area (Å²) in [4.78, 5) is 25.8. The van der Waals surface area contributed by atoms with E-state index in [9.17, 15) is 14.7 Å². The molecule has 0 saturated heterocycles. The van der Waals surface area contributed by atoms with Gasteiger partial charge < -0.3 is 10.0 Å². The summed E-state index contributed by atoms with van der Waals surface area (Å²) < 4.78 is 0. The summed E-state index contributed by atoms with van der Waals surface area (Å²) in [6.07, 6.45) is 5.73. The quantitative estimate of drug-likeness (QED) is 0.813. The number of nitrogens with zero attached hydrogens (tertiary/aromatic N) is 1. The smallest absolute Gasteiger partial charge is 0.310 e. The van der Waals surface area contributed by atoms with E-state index in [1.165, 1.54) is 6.42 Å². The zero-order valence-electron chi connectivity index (χ0n) is 13.3. The number of hydrogen-bond donors (Lipinski definition) is 1. The second kappa shape index (κ2) is 7.09. The van der Waals surface area contributed by atoms with Crippen LogP contribution in [0, 0.1) is 11.3 Å². The van der Waals surface area contributed by atoms with Gasteiger partial charge in [-0.15, -0.1) is 0 Å². The lowest BCUT2D eigenvalue weighted by Crippen LogP contribution is -2.45. The number of amides is 1. The Labute approximate surface area is 122 Å². The molecule has 0 aromatic heterocycles. The molecule has 2 atom stereocenters. The molecule has 1 saturated carbocycles. The molecular formula is C16H29NO3. The van der Waals surface area contributed by atoms with Gasteiger partial charge >= 0.3 is 5.97 Å². The Balaban J connectivity index is 2.75. The number of carbonyl (C=O) groups excluding carboxylic acids is 1. The molecule has 1 rings (SSSR count). The number of carbonyl (C=O) groups is 2. The van der Waals surface area contributed by atoms with Crippen molar-refractivity contribution in [1.29, 1.82) is 0 Å². The second-order valence-corrected chi connectivity index (χ2v) is 6.30. The molecule has 1 aliphatic rings. The van der Waals surface area contributed by atoms with Crippen LogP contribution in [-0.2, 0) is 9.59 Å². The van der Waals surface area contributed by atoms with Gasteiger partial charge in [-0.25, -0.2) is 0 Å². The minimum absolute atomic E-state index is 0.0187. The van der Waals surface area contributed by atoms with Gasteiger partial charge in [-0.2, -0.15) is 0 Å². The van der Waals surface area contributed by atoms with E-state index in [1.54, 1.807) is 0 Å². The summed E-state index contributed by atoms with van der Waals surface area (Å²) in [6, 6.07) is 0.274. The van der Waals surface area contributed by atoms with Crippen molar-refractivity contribution in [3.8, 4) is 0 Å². The van der Waals surface area contributed by atoms with Crippen LogP contribution in [0.5, 0.6) is 0 Å². The highest BCUT2D eigenvalue weighted by Crippen LogP contribution is 2.33. The van der Waals surface area contributed by atoms with Gasteiger partial charge in [0.2, 0.25) is 5.91 Å². The van der Waals surface area contributed by atoms with Crippen molar-refractivity contribution in [2.45, 2.75) is 71.8 Å². The van der Waals surface area contributed by atoms with E-state index in [2.05, 4.69) is 6.92 Å². The van der Waals surface area contributed by atoms with Crippen LogP contribution in [-0.4, -0.2) is 35.0 Å². The topological polar surface area (TPSA) is 57.6 Å². The van der Waals surface area contributed by atoms with Crippen LogP contribution in [0.15, 0.2) is 0 Å². The summed E-state index contributed by atoms with van der Waals surface area (Å²) in [5.74, 6) is -0.351. The molecule has 1 aliphatic carbocycles. The van der Waals surface area contributed by atoms with Crippen molar-refractivity contribution in [3.63, 3.8) is 0 Å². The molecule has 0 heterocycles. The standard InChI is InChI=1S/C16H29NO3/c1-5-16(6-2,15(19)20)11-14(18)17(4)13-10-8-7-9-12(13)3/h12-13H,5-11H2,1-4H3,(H,19,20). The maximum Gasteiger partial charge on any atom is 0.310 e. The summed E-state index contributed by atoms with van der Waals surface area (Å²) in [5.41, 5.74) is -0.900. The first-order valence-electron chi connectivity index (χ1n) is 7.87. The van der Waals surface area contributed by atoms with Crippen LogP contribution in [0.2, 0.25) is 0 Å². The minimum atomic E-state index is -0.900. The Morgan fingerprint density at radius 1 is 1.20 bits per heavy atom. The molecule has 0 aliphatic heterocycles. The third-order valence-electron chi connectivity index (χ3n) is 5.25. The SMILES string of the molecule is CCC(CC)(CC(=O)N(C)C1CCCCC1C)C(=O)O. The normalized spacial score (nSPS) is 23.4. The number of rotatable bonds is 6.